The third-order valence-corrected chi connectivity index (χ3v) is 4.87. The second-order valence-corrected chi connectivity index (χ2v) is 6.36. The fourth-order valence-corrected chi connectivity index (χ4v) is 3.46. The molecule has 1 aromatic heterocycles. The van der Waals surface area contributed by atoms with E-state index in [9.17, 15) is 13.6 Å². The van der Waals surface area contributed by atoms with E-state index in [2.05, 4.69) is 9.97 Å². The molecule has 1 aliphatic carbocycles. The molecule has 0 atom stereocenters. The summed E-state index contributed by atoms with van der Waals surface area (Å²) >= 11 is 0. The van der Waals surface area contributed by atoms with E-state index in [1.54, 1.807) is 18.6 Å². The van der Waals surface area contributed by atoms with Crippen LogP contribution in [0.15, 0.2) is 18.6 Å². The van der Waals surface area contributed by atoms with E-state index >= 15 is 0 Å². The monoisotopic (exact) mass is 309 g/mol. The summed E-state index contributed by atoms with van der Waals surface area (Å²) in [6, 6.07) is 0. The summed E-state index contributed by atoms with van der Waals surface area (Å²) in [5.41, 5.74) is 0.979. The van der Waals surface area contributed by atoms with Crippen molar-refractivity contribution in [1.82, 2.24) is 14.9 Å². The van der Waals surface area contributed by atoms with Gasteiger partial charge in [-0.15, -0.1) is 0 Å². The first-order chi connectivity index (χ1) is 10.6. The number of halogens is 2. The van der Waals surface area contributed by atoms with Crippen molar-refractivity contribution in [1.29, 1.82) is 0 Å². The highest BCUT2D eigenvalue weighted by atomic mass is 19.3. The highest BCUT2D eigenvalue weighted by molar-refractivity contribution is 5.79. The van der Waals surface area contributed by atoms with Crippen LogP contribution in [0.3, 0.4) is 0 Å². The standard InChI is InChI=1S/C16H21F2N3O/c17-16(18)5-1-13(2-6-16)15(22)21-9-3-12(4-10-21)14-11-19-7-8-20-14/h7-8,11-13H,1-6,9-10H2. The number of aromatic nitrogens is 2. The molecule has 0 N–H and O–H groups in total. The van der Waals surface area contributed by atoms with Crippen molar-refractivity contribution < 1.29 is 13.6 Å². The van der Waals surface area contributed by atoms with Crippen LogP contribution >= 0.6 is 0 Å². The normalized spacial score (nSPS) is 23.5. The van der Waals surface area contributed by atoms with E-state index in [0.717, 1.165) is 18.5 Å². The van der Waals surface area contributed by atoms with E-state index in [0.29, 0.717) is 31.8 Å². The Labute approximate surface area is 128 Å². The van der Waals surface area contributed by atoms with Crippen LogP contribution in [-0.4, -0.2) is 39.8 Å². The van der Waals surface area contributed by atoms with Gasteiger partial charge in [-0.3, -0.25) is 14.8 Å². The van der Waals surface area contributed by atoms with Crippen molar-refractivity contribution in [3.8, 4) is 0 Å². The minimum atomic E-state index is -2.57. The predicted octanol–water partition coefficient (Wildman–Crippen LogP) is 3.01. The molecule has 6 heteroatoms. The van der Waals surface area contributed by atoms with Crippen molar-refractivity contribution in [2.45, 2.75) is 50.4 Å². The summed E-state index contributed by atoms with van der Waals surface area (Å²) in [6.07, 6.45) is 7.19. The van der Waals surface area contributed by atoms with Gasteiger partial charge >= 0.3 is 0 Å². The molecule has 0 unspecified atom stereocenters. The second kappa shape index (κ2) is 6.26. The van der Waals surface area contributed by atoms with E-state index in [1.807, 2.05) is 4.90 Å². The molecule has 1 aromatic rings. The van der Waals surface area contributed by atoms with Crippen molar-refractivity contribution >= 4 is 5.91 Å². The quantitative estimate of drug-likeness (QED) is 0.843. The molecule has 2 fully saturated rings. The number of hydrogen-bond acceptors (Lipinski definition) is 3. The van der Waals surface area contributed by atoms with Crippen molar-refractivity contribution in [3.63, 3.8) is 0 Å². The topological polar surface area (TPSA) is 46.1 Å². The van der Waals surface area contributed by atoms with Crippen LogP contribution in [0.5, 0.6) is 0 Å². The molecule has 2 aliphatic rings. The van der Waals surface area contributed by atoms with Gasteiger partial charge in [-0.25, -0.2) is 8.78 Å². The molecule has 1 saturated carbocycles. The SMILES string of the molecule is O=C(C1CCC(F)(F)CC1)N1CCC(c2cnccn2)CC1. The number of likely N-dealkylation sites (tertiary alicyclic amines) is 1. The number of nitrogens with zero attached hydrogens (tertiary/aromatic N) is 3. The fourth-order valence-electron chi connectivity index (χ4n) is 3.46. The highest BCUT2D eigenvalue weighted by Crippen LogP contribution is 2.37. The molecule has 0 aromatic carbocycles. The summed E-state index contributed by atoms with van der Waals surface area (Å²) in [6.45, 7) is 1.37. The third kappa shape index (κ3) is 3.42. The first-order valence-corrected chi connectivity index (χ1v) is 7.98. The van der Waals surface area contributed by atoms with Crippen LogP contribution in [0.4, 0.5) is 8.78 Å². The molecule has 2 heterocycles. The molecular weight excluding hydrogens is 288 g/mol. The predicted molar refractivity (Wildman–Crippen MR) is 77.5 cm³/mol. The third-order valence-electron chi connectivity index (χ3n) is 4.87. The van der Waals surface area contributed by atoms with Crippen LogP contribution in [0.25, 0.3) is 0 Å². The lowest BCUT2D eigenvalue weighted by atomic mass is 9.85. The smallest absolute Gasteiger partial charge is 0.248 e. The zero-order chi connectivity index (χ0) is 15.6. The average molecular weight is 309 g/mol. The molecule has 22 heavy (non-hydrogen) atoms. The largest absolute Gasteiger partial charge is 0.342 e. The van der Waals surface area contributed by atoms with Gasteiger partial charge in [-0.1, -0.05) is 0 Å². The number of rotatable bonds is 2. The van der Waals surface area contributed by atoms with Crippen molar-refractivity contribution in [2.75, 3.05) is 13.1 Å². The molecule has 1 aliphatic heterocycles. The van der Waals surface area contributed by atoms with Gasteiger partial charge in [0, 0.05) is 56.4 Å². The summed E-state index contributed by atoms with van der Waals surface area (Å²) in [4.78, 5) is 22.7. The van der Waals surface area contributed by atoms with E-state index in [-0.39, 0.29) is 24.7 Å². The molecule has 0 radical (unpaired) electrons. The summed E-state index contributed by atoms with van der Waals surface area (Å²) in [5.74, 6) is -2.38. The number of carbonyl (C=O) groups excluding carboxylic acids is 1. The highest BCUT2D eigenvalue weighted by Gasteiger charge is 2.39. The maximum atomic E-state index is 13.2. The van der Waals surface area contributed by atoms with Gasteiger partial charge < -0.3 is 4.90 Å². The Kier molecular flexibility index (Phi) is 4.36. The molecular formula is C16H21F2N3O. The van der Waals surface area contributed by atoms with Crippen LogP contribution < -0.4 is 0 Å². The zero-order valence-electron chi connectivity index (χ0n) is 12.5. The first-order valence-electron chi connectivity index (χ1n) is 7.98. The lowest BCUT2D eigenvalue weighted by Gasteiger charge is -2.36. The Morgan fingerprint density at radius 3 is 2.41 bits per heavy atom. The maximum absolute atomic E-state index is 13.2. The maximum Gasteiger partial charge on any atom is 0.248 e. The summed E-state index contributed by atoms with van der Waals surface area (Å²) in [7, 11) is 0. The summed E-state index contributed by atoms with van der Waals surface area (Å²) in [5, 5.41) is 0. The van der Waals surface area contributed by atoms with Gasteiger partial charge in [-0.05, 0) is 25.7 Å². The Bertz CT molecular complexity index is 505. The number of hydrogen-bond donors (Lipinski definition) is 0. The van der Waals surface area contributed by atoms with Crippen molar-refractivity contribution in [2.24, 2.45) is 5.92 Å². The Morgan fingerprint density at radius 1 is 1.14 bits per heavy atom. The Morgan fingerprint density at radius 2 is 1.82 bits per heavy atom. The van der Waals surface area contributed by atoms with Gasteiger partial charge in [0.2, 0.25) is 11.8 Å². The number of carbonyl (C=O) groups is 1. The molecule has 4 nitrogen and oxygen atoms in total. The number of amides is 1. The lowest BCUT2D eigenvalue weighted by Crippen LogP contribution is -2.43. The molecule has 3 rings (SSSR count). The van der Waals surface area contributed by atoms with Crippen LogP contribution in [-0.2, 0) is 4.79 Å². The second-order valence-electron chi connectivity index (χ2n) is 6.36. The van der Waals surface area contributed by atoms with E-state index in [4.69, 9.17) is 0 Å². The van der Waals surface area contributed by atoms with Gasteiger partial charge in [0.15, 0.2) is 0 Å². The minimum absolute atomic E-state index is 0.0631. The van der Waals surface area contributed by atoms with Gasteiger partial charge in [-0.2, -0.15) is 0 Å². The molecule has 1 saturated heterocycles. The van der Waals surface area contributed by atoms with Gasteiger partial charge in [0.25, 0.3) is 0 Å². The van der Waals surface area contributed by atoms with E-state index < -0.39 is 5.92 Å². The van der Waals surface area contributed by atoms with Crippen LogP contribution in [0.2, 0.25) is 0 Å². The van der Waals surface area contributed by atoms with Crippen LogP contribution in [0.1, 0.15) is 50.1 Å². The number of piperidine rings is 1. The van der Waals surface area contributed by atoms with Crippen LogP contribution in [0, 0.1) is 5.92 Å². The van der Waals surface area contributed by atoms with Gasteiger partial charge in [0.1, 0.15) is 0 Å². The number of alkyl halides is 2. The molecule has 0 bridgehead atoms. The van der Waals surface area contributed by atoms with Crippen molar-refractivity contribution in [3.05, 3.63) is 24.3 Å². The minimum Gasteiger partial charge on any atom is -0.342 e. The Hall–Kier alpha value is -1.59. The lowest BCUT2D eigenvalue weighted by molar-refractivity contribution is -0.140. The van der Waals surface area contributed by atoms with Gasteiger partial charge in [0.05, 0.1) is 5.69 Å². The average Bonchev–Trinajstić information content (AvgIpc) is 2.55. The summed E-state index contributed by atoms with van der Waals surface area (Å²) < 4.78 is 26.4. The first kappa shape index (κ1) is 15.3. The Balaban J connectivity index is 1.52. The van der Waals surface area contributed by atoms with E-state index in [1.165, 1.54) is 0 Å². The zero-order valence-corrected chi connectivity index (χ0v) is 12.5. The fraction of sp³-hybridized carbons (Fsp3) is 0.688. The molecule has 1 amide bonds. The molecule has 0 spiro atoms. The molecule has 120 valence electrons.